The van der Waals surface area contributed by atoms with Crippen LogP contribution in [0.1, 0.15) is 49.4 Å². The van der Waals surface area contributed by atoms with Gasteiger partial charge in [0.25, 0.3) is 5.91 Å². The lowest BCUT2D eigenvalue weighted by Gasteiger charge is -2.34. The van der Waals surface area contributed by atoms with Crippen LogP contribution in [0.4, 0.5) is 5.69 Å². The first-order valence-corrected chi connectivity index (χ1v) is 6.75. The third kappa shape index (κ3) is 2.96. The lowest BCUT2D eigenvalue weighted by atomic mass is 9.83. The SMILES string of the molecule is CC1(NC(=O)c2ccc(N)c(Cl)c2)CCCCC1. The summed E-state index contributed by atoms with van der Waals surface area (Å²) < 4.78 is 0. The van der Waals surface area contributed by atoms with Crippen molar-refractivity contribution in [1.82, 2.24) is 5.32 Å². The second-order valence-electron chi connectivity index (χ2n) is 5.31. The molecule has 4 heteroatoms. The number of rotatable bonds is 2. The number of halogens is 1. The molecule has 0 heterocycles. The summed E-state index contributed by atoms with van der Waals surface area (Å²) in [5.41, 5.74) is 6.62. The largest absolute Gasteiger partial charge is 0.398 e. The number of nitrogen functional groups attached to an aromatic ring is 1. The first-order valence-electron chi connectivity index (χ1n) is 6.38. The zero-order valence-electron chi connectivity index (χ0n) is 10.6. The fourth-order valence-electron chi connectivity index (χ4n) is 2.47. The quantitative estimate of drug-likeness (QED) is 0.807. The standard InChI is InChI=1S/C14H19ClN2O/c1-14(7-3-2-4-8-14)17-13(18)10-5-6-12(16)11(15)9-10/h5-6,9H,2-4,7-8,16H2,1H3,(H,17,18). The van der Waals surface area contributed by atoms with E-state index < -0.39 is 0 Å². The maximum Gasteiger partial charge on any atom is 0.251 e. The molecular weight excluding hydrogens is 248 g/mol. The Bertz CT molecular complexity index is 453. The van der Waals surface area contributed by atoms with Gasteiger partial charge in [0.15, 0.2) is 0 Å². The van der Waals surface area contributed by atoms with Crippen molar-refractivity contribution in [3.05, 3.63) is 28.8 Å². The van der Waals surface area contributed by atoms with E-state index in [2.05, 4.69) is 12.2 Å². The van der Waals surface area contributed by atoms with Gasteiger partial charge in [-0.25, -0.2) is 0 Å². The van der Waals surface area contributed by atoms with Crippen molar-refractivity contribution >= 4 is 23.2 Å². The van der Waals surface area contributed by atoms with Gasteiger partial charge < -0.3 is 11.1 Å². The van der Waals surface area contributed by atoms with E-state index >= 15 is 0 Å². The maximum atomic E-state index is 12.2. The molecule has 1 aliphatic carbocycles. The highest BCUT2D eigenvalue weighted by molar-refractivity contribution is 6.33. The minimum Gasteiger partial charge on any atom is -0.398 e. The molecule has 0 bridgehead atoms. The lowest BCUT2D eigenvalue weighted by Crippen LogP contribution is -2.47. The van der Waals surface area contributed by atoms with Gasteiger partial charge in [-0.3, -0.25) is 4.79 Å². The van der Waals surface area contributed by atoms with E-state index in [0.717, 1.165) is 12.8 Å². The molecule has 98 valence electrons. The summed E-state index contributed by atoms with van der Waals surface area (Å²) in [6.07, 6.45) is 5.71. The normalized spacial score (nSPS) is 18.3. The smallest absolute Gasteiger partial charge is 0.251 e. The third-order valence-corrected chi connectivity index (χ3v) is 3.96. The van der Waals surface area contributed by atoms with Crippen LogP contribution < -0.4 is 11.1 Å². The first kappa shape index (κ1) is 13.2. The molecule has 3 N–H and O–H groups in total. The summed E-state index contributed by atoms with van der Waals surface area (Å²) in [4.78, 5) is 12.2. The molecule has 0 unspecified atom stereocenters. The minimum absolute atomic E-state index is 0.0682. The number of hydrogen-bond acceptors (Lipinski definition) is 2. The zero-order valence-corrected chi connectivity index (χ0v) is 11.4. The molecule has 0 aliphatic heterocycles. The molecule has 0 radical (unpaired) electrons. The van der Waals surface area contributed by atoms with Gasteiger partial charge in [-0.2, -0.15) is 0 Å². The first-order chi connectivity index (χ1) is 8.50. The number of nitrogens with one attached hydrogen (secondary N) is 1. The molecule has 0 saturated heterocycles. The van der Waals surface area contributed by atoms with Crippen LogP contribution in [-0.4, -0.2) is 11.4 Å². The van der Waals surface area contributed by atoms with Crippen LogP contribution in [0.15, 0.2) is 18.2 Å². The Labute approximate surface area is 113 Å². The molecule has 1 amide bonds. The zero-order chi connectivity index (χ0) is 13.2. The van der Waals surface area contributed by atoms with Crippen molar-refractivity contribution in [2.24, 2.45) is 0 Å². The Balaban J connectivity index is 2.09. The van der Waals surface area contributed by atoms with Crippen LogP contribution >= 0.6 is 11.6 Å². The highest BCUT2D eigenvalue weighted by Crippen LogP contribution is 2.28. The average Bonchev–Trinajstić information content (AvgIpc) is 2.33. The van der Waals surface area contributed by atoms with Gasteiger partial charge in [-0.1, -0.05) is 30.9 Å². The van der Waals surface area contributed by atoms with Gasteiger partial charge in [0.1, 0.15) is 0 Å². The molecular formula is C14H19ClN2O. The van der Waals surface area contributed by atoms with Crippen molar-refractivity contribution in [2.75, 3.05) is 5.73 Å². The van der Waals surface area contributed by atoms with E-state index in [1.165, 1.54) is 19.3 Å². The summed E-state index contributed by atoms with van der Waals surface area (Å²) in [6, 6.07) is 5.00. The van der Waals surface area contributed by atoms with E-state index in [0.29, 0.717) is 16.3 Å². The molecule has 18 heavy (non-hydrogen) atoms. The number of carbonyl (C=O) groups is 1. The summed E-state index contributed by atoms with van der Waals surface area (Å²) in [7, 11) is 0. The van der Waals surface area contributed by atoms with E-state index in [-0.39, 0.29) is 11.4 Å². The predicted octanol–water partition coefficient (Wildman–Crippen LogP) is 3.37. The fraction of sp³-hybridized carbons (Fsp3) is 0.500. The summed E-state index contributed by atoms with van der Waals surface area (Å²) in [6.45, 7) is 2.11. The molecule has 0 atom stereocenters. The molecule has 0 spiro atoms. The molecule has 3 nitrogen and oxygen atoms in total. The highest BCUT2D eigenvalue weighted by Gasteiger charge is 2.28. The van der Waals surface area contributed by atoms with Gasteiger partial charge in [-0.05, 0) is 38.0 Å². The summed E-state index contributed by atoms with van der Waals surface area (Å²) in [5, 5.41) is 3.55. The van der Waals surface area contributed by atoms with Crippen LogP contribution in [0, 0.1) is 0 Å². The maximum absolute atomic E-state index is 12.2. The van der Waals surface area contributed by atoms with Crippen molar-refractivity contribution in [3.63, 3.8) is 0 Å². The van der Waals surface area contributed by atoms with Crippen molar-refractivity contribution in [2.45, 2.75) is 44.6 Å². The Morgan fingerprint density at radius 3 is 2.61 bits per heavy atom. The Kier molecular flexibility index (Phi) is 3.81. The molecule has 1 aromatic rings. The predicted molar refractivity (Wildman–Crippen MR) is 74.8 cm³/mol. The average molecular weight is 267 g/mol. The van der Waals surface area contributed by atoms with Gasteiger partial charge in [0.05, 0.1) is 10.7 Å². The summed E-state index contributed by atoms with van der Waals surface area (Å²) in [5.74, 6) is -0.0682. The van der Waals surface area contributed by atoms with Gasteiger partial charge >= 0.3 is 0 Å². The van der Waals surface area contributed by atoms with Crippen LogP contribution in [0.3, 0.4) is 0 Å². The number of carbonyl (C=O) groups excluding carboxylic acids is 1. The van der Waals surface area contributed by atoms with Gasteiger partial charge in [-0.15, -0.1) is 0 Å². The van der Waals surface area contributed by atoms with Crippen LogP contribution in [0.2, 0.25) is 5.02 Å². The van der Waals surface area contributed by atoms with Crippen molar-refractivity contribution < 1.29 is 4.79 Å². The number of anilines is 1. The van der Waals surface area contributed by atoms with E-state index in [9.17, 15) is 4.79 Å². The second-order valence-corrected chi connectivity index (χ2v) is 5.72. The molecule has 1 aliphatic rings. The number of hydrogen-bond donors (Lipinski definition) is 2. The molecule has 1 aromatic carbocycles. The fourth-order valence-corrected chi connectivity index (χ4v) is 2.65. The van der Waals surface area contributed by atoms with Crippen LogP contribution in [0.25, 0.3) is 0 Å². The molecule has 0 aromatic heterocycles. The number of benzene rings is 1. The molecule has 1 fully saturated rings. The van der Waals surface area contributed by atoms with Crippen molar-refractivity contribution in [3.8, 4) is 0 Å². The van der Waals surface area contributed by atoms with Crippen molar-refractivity contribution in [1.29, 1.82) is 0 Å². The Morgan fingerprint density at radius 2 is 2.00 bits per heavy atom. The van der Waals surface area contributed by atoms with Crippen LogP contribution in [0.5, 0.6) is 0 Å². The Hall–Kier alpha value is -1.22. The van der Waals surface area contributed by atoms with E-state index in [1.54, 1.807) is 18.2 Å². The highest BCUT2D eigenvalue weighted by atomic mass is 35.5. The topological polar surface area (TPSA) is 55.1 Å². The lowest BCUT2D eigenvalue weighted by molar-refractivity contribution is 0.0883. The number of amides is 1. The number of nitrogens with two attached hydrogens (primary N) is 1. The van der Waals surface area contributed by atoms with Gasteiger partial charge in [0, 0.05) is 11.1 Å². The third-order valence-electron chi connectivity index (χ3n) is 3.64. The monoisotopic (exact) mass is 266 g/mol. The Morgan fingerprint density at radius 1 is 1.33 bits per heavy atom. The van der Waals surface area contributed by atoms with Crippen LogP contribution in [-0.2, 0) is 0 Å². The molecule has 2 rings (SSSR count). The molecule has 1 saturated carbocycles. The van der Waals surface area contributed by atoms with E-state index in [4.69, 9.17) is 17.3 Å². The van der Waals surface area contributed by atoms with Gasteiger partial charge in [0.2, 0.25) is 0 Å². The summed E-state index contributed by atoms with van der Waals surface area (Å²) >= 11 is 5.93. The second kappa shape index (κ2) is 5.19. The minimum atomic E-state index is -0.0802. The van der Waals surface area contributed by atoms with E-state index in [1.807, 2.05) is 0 Å².